The van der Waals surface area contributed by atoms with Crippen molar-refractivity contribution in [1.29, 1.82) is 0 Å². The van der Waals surface area contributed by atoms with Gasteiger partial charge in [-0.2, -0.15) is 0 Å². The van der Waals surface area contributed by atoms with Crippen LogP contribution in [0.2, 0.25) is 0 Å². The fourth-order valence-electron chi connectivity index (χ4n) is 1.79. The van der Waals surface area contributed by atoms with Gasteiger partial charge in [0.15, 0.2) is 5.17 Å². The number of hydrogen-bond donors (Lipinski definition) is 1. The molecule has 0 aromatic heterocycles. The van der Waals surface area contributed by atoms with E-state index < -0.39 is 0 Å². The largest absolute Gasteiger partial charge is 0.361 e. The van der Waals surface area contributed by atoms with Gasteiger partial charge >= 0.3 is 0 Å². The average molecular weight is 257 g/mol. The van der Waals surface area contributed by atoms with Gasteiger partial charge in [0.05, 0.1) is 6.54 Å². The van der Waals surface area contributed by atoms with E-state index in [1.807, 2.05) is 11.8 Å². The topological polar surface area (TPSA) is 27.6 Å². The zero-order valence-corrected chi connectivity index (χ0v) is 12.7. The van der Waals surface area contributed by atoms with E-state index in [9.17, 15) is 0 Å². The summed E-state index contributed by atoms with van der Waals surface area (Å²) in [5.74, 6) is 1.94. The molecule has 3 nitrogen and oxygen atoms in total. The Kier molecular flexibility index (Phi) is 6.34. The molecule has 1 atom stereocenters. The Bertz CT molecular complexity index is 251. The lowest BCUT2D eigenvalue weighted by Gasteiger charge is -2.19. The molecule has 0 amide bonds. The zero-order chi connectivity index (χ0) is 12.8. The summed E-state index contributed by atoms with van der Waals surface area (Å²) in [6.07, 6.45) is 1.25. The van der Waals surface area contributed by atoms with Crippen molar-refractivity contribution < 1.29 is 0 Å². The normalized spacial score (nSPS) is 23.1. The molecule has 0 aromatic rings. The summed E-state index contributed by atoms with van der Waals surface area (Å²) in [6, 6.07) is 1.23. The highest BCUT2D eigenvalue weighted by Crippen LogP contribution is 2.18. The second kappa shape index (κ2) is 7.27. The van der Waals surface area contributed by atoms with Crippen molar-refractivity contribution in [2.75, 3.05) is 25.9 Å². The highest BCUT2D eigenvalue weighted by atomic mass is 32.2. The Morgan fingerprint density at radius 1 is 1.41 bits per heavy atom. The molecule has 1 unspecified atom stereocenters. The molecule has 1 rings (SSSR count). The number of likely N-dealkylation sites (N-methyl/N-ethyl adjacent to an activating group) is 1. The van der Waals surface area contributed by atoms with Gasteiger partial charge in [0.25, 0.3) is 0 Å². The molecule has 0 saturated carbocycles. The Balaban J connectivity index is 2.24. The van der Waals surface area contributed by atoms with Gasteiger partial charge < -0.3 is 10.2 Å². The maximum atomic E-state index is 4.63. The summed E-state index contributed by atoms with van der Waals surface area (Å²) in [5, 5.41) is 4.67. The molecule has 1 fully saturated rings. The van der Waals surface area contributed by atoms with Gasteiger partial charge in [-0.15, -0.1) is 0 Å². The monoisotopic (exact) mass is 257 g/mol. The standard InChI is InChI=1S/C13H27N3S/c1-10(2)8-12-9-17-13(15-12)14-6-7-16(5)11(3)4/h10-12H,6-9H2,1-5H3,(H,14,15). The van der Waals surface area contributed by atoms with Crippen LogP contribution in [0.25, 0.3) is 0 Å². The van der Waals surface area contributed by atoms with E-state index in [0.717, 1.165) is 24.2 Å². The predicted octanol–water partition coefficient (Wildman–Crippen LogP) is 2.43. The Hall–Kier alpha value is -0.220. The van der Waals surface area contributed by atoms with Crippen molar-refractivity contribution in [1.82, 2.24) is 10.2 Å². The summed E-state index contributed by atoms with van der Waals surface area (Å²) in [7, 11) is 2.15. The first-order valence-electron chi connectivity index (χ1n) is 6.63. The highest BCUT2D eigenvalue weighted by Gasteiger charge is 2.20. The van der Waals surface area contributed by atoms with E-state index in [2.05, 4.69) is 50.0 Å². The number of rotatable bonds is 6. The van der Waals surface area contributed by atoms with Crippen LogP contribution in [0.4, 0.5) is 0 Å². The van der Waals surface area contributed by atoms with Gasteiger partial charge in [-0.05, 0) is 33.2 Å². The van der Waals surface area contributed by atoms with Crippen LogP contribution in [0.3, 0.4) is 0 Å². The van der Waals surface area contributed by atoms with E-state index in [1.165, 1.54) is 12.2 Å². The minimum atomic E-state index is 0.605. The van der Waals surface area contributed by atoms with Gasteiger partial charge in [-0.3, -0.25) is 4.99 Å². The van der Waals surface area contributed by atoms with Gasteiger partial charge in [0.1, 0.15) is 0 Å². The third kappa shape index (κ3) is 5.77. The molecule has 0 radical (unpaired) electrons. The SMILES string of the molecule is CC(C)CC1CSC(=NCCN(C)C(C)C)N1. The maximum Gasteiger partial charge on any atom is 0.156 e. The molecule has 100 valence electrons. The van der Waals surface area contributed by atoms with Crippen LogP contribution in [0.5, 0.6) is 0 Å². The smallest absolute Gasteiger partial charge is 0.156 e. The molecule has 0 aliphatic carbocycles. The predicted molar refractivity (Wildman–Crippen MR) is 78.9 cm³/mol. The van der Waals surface area contributed by atoms with Crippen LogP contribution in [0, 0.1) is 5.92 Å². The van der Waals surface area contributed by atoms with E-state index in [1.54, 1.807) is 0 Å². The second-order valence-corrected chi connectivity index (χ2v) is 6.55. The molecule has 4 heteroatoms. The van der Waals surface area contributed by atoms with Crippen LogP contribution in [0.15, 0.2) is 4.99 Å². The van der Waals surface area contributed by atoms with Crippen molar-refractivity contribution in [3.05, 3.63) is 0 Å². The minimum absolute atomic E-state index is 0.605. The Labute approximate surface area is 110 Å². The molecule has 1 aliphatic rings. The van der Waals surface area contributed by atoms with Crippen molar-refractivity contribution in [2.24, 2.45) is 10.9 Å². The fraction of sp³-hybridized carbons (Fsp3) is 0.923. The number of amidine groups is 1. The van der Waals surface area contributed by atoms with E-state index in [0.29, 0.717) is 12.1 Å². The van der Waals surface area contributed by atoms with Gasteiger partial charge in [0, 0.05) is 24.4 Å². The summed E-state index contributed by atoms with van der Waals surface area (Å²) in [5.41, 5.74) is 0. The number of aliphatic imine (C=N–C) groups is 1. The molecular formula is C13H27N3S. The van der Waals surface area contributed by atoms with Gasteiger partial charge in [-0.25, -0.2) is 0 Å². The molecule has 1 saturated heterocycles. The maximum absolute atomic E-state index is 4.63. The quantitative estimate of drug-likeness (QED) is 0.792. The van der Waals surface area contributed by atoms with Crippen LogP contribution in [-0.4, -0.2) is 48.0 Å². The number of hydrogen-bond acceptors (Lipinski definition) is 3. The third-order valence-electron chi connectivity index (χ3n) is 3.09. The van der Waals surface area contributed by atoms with Crippen molar-refractivity contribution >= 4 is 16.9 Å². The fourth-order valence-corrected chi connectivity index (χ4v) is 2.80. The molecule has 0 bridgehead atoms. The summed E-state index contributed by atoms with van der Waals surface area (Å²) in [4.78, 5) is 6.96. The van der Waals surface area contributed by atoms with E-state index >= 15 is 0 Å². The Morgan fingerprint density at radius 2 is 2.12 bits per heavy atom. The lowest BCUT2D eigenvalue weighted by Crippen LogP contribution is -2.30. The van der Waals surface area contributed by atoms with Crippen LogP contribution in [0.1, 0.15) is 34.1 Å². The zero-order valence-electron chi connectivity index (χ0n) is 11.9. The van der Waals surface area contributed by atoms with Gasteiger partial charge in [0.2, 0.25) is 0 Å². The number of nitrogens with one attached hydrogen (secondary N) is 1. The third-order valence-corrected chi connectivity index (χ3v) is 4.18. The van der Waals surface area contributed by atoms with Crippen LogP contribution < -0.4 is 5.32 Å². The summed E-state index contributed by atoms with van der Waals surface area (Å²) in [6.45, 7) is 10.9. The highest BCUT2D eigenvalue weighted by molar-refractivity contribution is 8.14. The van der Waals surface area contributed by atoms with Gasteiger partial charge in [-0.1, -0.05) is 25.6 Å². The molecule has 1 N–H and O–H groups in total. The summed E-state index contributed by atoms with van der Waals surface area (Å²) >= 11 is 1.87. The second-order valence-electron chi connectivity index (χ2n) is 5.54. The summed E-state index contributed by atoms with van der Waals surface area (Å²) < 4.78 is 0. The van der Waals surface area contributed by atoms with E-state index in [4.69, 9.17) is 0 Å². The lowest BCUT2D eigenvalue weighted by molar-refractivity contribution is 0.282. The van der Waals surface area contributed by atoms with Crippen molar-refractivity contribution in [3.63, 3.8) is 0 Å². The molecule has 1 aliphatic heterocycles. The average Bonchev–Trinajstić information content (AvgIpc) is 2.64. The minimum Gasteiger partial charge on any atom is -0.361 e. The van der Waals surface area contributed by atoms with Crippen molar-refractivity contribution in [2.45, 2.75) is 46.2 Å². The van der Waals surface area contributed by atoms with E-state index in [-0.39, 0.29) is 0 Å². The molecule has 0 spiro atoms. The first-order valence-corrected chi connectivity index (χ1v) is 7.61. The van der Waals surface area contributed by atoms with Crippen LogP contribution >= 0.6 is 11.8 Å². The number of nitrogens with zero attached hydrogens (tertiary/aromatic N) is 2. The molecule has 0 aromatic carbocycles. The molecule has 1 heterocycles. The molecule has 17 heavy (non-hydrogen) atoms. The lowest BCUT2D eigenvalue weighted by atomic mass is 10.1. The first kappa shape index (κ1) is 14.8. The first-order chi connectivity index (χ1) is 7.99. The molecular weight excluding hydrogens is 230 g/mol. The number of thioether (sulfide) groups is 1. The Morgan fingerprint density at radius 3 is 2.71 bits per heavy atom. The van der Waals surface area contributed by atoms with Crippen molar-refractivity contribution in [3.8, 4) is 0 Å². The van der Waals surface area contributed by atoms with Crippen LogP contribution in [-0.2, 0) is 0 Å².